The molecule has 4 rings (SSSR count). The molecule has 2 aromatic heterocycles. The lowest BCUT2D eigenvalue weighted by atomic mass is 10.1. The molecular formula is C22H29N6O2+. The number of rotatable bonds is 5. The molecule has 30 heavy (non-hydrogen) atoms. The van der Waals surface area contributed by atoms with Gasteiger partial charge in [0.25, 0.3) is 5.56 Å². The average Bonchev–Trinajstić information content (AvgIpc) is 3.08. The Morgan fingerprint density at radius 2 is 1.93 bits per heavy atom. The lowest BCUT2D eigenvalue weighted by Gasteiger charge is -2.33. The van der Waals surface area contributed by atoms with Crippen molar-refractivity contribution in [2.45, 2.75) is 20.4 Å². The predicted octanol–water partition coefficient (Wildman–Crippen LogP) is 0.0610. The van der Waals surface area contributed by atoms with E-state index in [1.165, 1.54) is 15.0 Å². The van der Waals surface area contributed by atoms with E-state index in [1.807, 2.05) is 16.7 Å². The maximum Gasteiger partial charge on any atom is 0.329 e. The molecule has 0 amide bonds. The quantitative estimate of drug-likeness (QED) is 0.584. The SMILES string of the molecule is C=C(C)C[NH+]1CCN(c2nc3c(c(=O)[nH]c(=O)n3C)n2Cc2ccccc2C)CC1. The molecule has 1 fully saturated rings. The first-order valence-corrected chi connectivity index (χ1v) is 10.3. The molecule has 158 valence electrons. The third kappa shape index (κ3) is 3.70. The lowest BCUT2D eigenvalue weighted by molar-refractivity contribution is -0.895. The van der Waals surface area contributed by atoms with Crippen molar-refractivity contribution in [3.8, 4) is 0 Å². The number of hydrogen-bond acceptors (Lipinski definition) is 4. The first kappa shape index (κ1) is 20.2. The molecule has 1 aliphatic heterocycles. The number of aromatic nitrogens is 4. The summed E-state index contributed by atoms with van der Waals surface area (Å²) < 4.78 is 3.37. The third-order valence-electron chi connectivity index (χ3n) is 5.88. The first-order valence-electron chi connectivity index (χ1n) is 10.3. The van der Waals surface area contributed by atoms with Crippen LogP contribution >= 0.6 is 0 Å². The van der Waals surface area contributed by atoms with Gasteiger partial charge >= 0.3 is 5.69 Å². The van der Waals surface area contributed by atoms with Crippen LogP contribution in [0.4, 0.5) is 5.95 Å². The van der Waals surface area contributed by atoms with Crippen molar-refractivity contribution in [2.75, 3.05) is 37.6 Å². The van der Waals surface area contributed by atoms with Crippen molar-refractivity contribution in [3.05, 3.63) is 68.4 Å². The van der Waals surface area contributed by atoms with Gasteiger partial charge in [0.15, 0.2) is 11.2 Å². The van der Waals surface area contributed by atoms with Gasteiger partial charge in [0, 0.05) is 7.05 Å². The second-order valence-corrected chi connectivity index (χ2v) is 8.29. The fraction of sp³-hybridized carbons (Fsp3) is 0.409. The van der Waals surface area contributed by atoms with Crippen LogP contribution in [0.25, 0.3) is 11.2 Å². The third-order valence-corrected chi connectivity index (χ3v) is 5.88. The molecule has 3 heterocycles. The van der Waals surface area contributed by atoms with Crippen molar-refractivity contribution in [2.24, 2.45) is 7.05 Å². The van der Waals surface area contributed by atoms with E-state index in [4.69, 9.17) is 4.98 Å². The summed E-state index contributed by atoms with van der Waals surface area (Å²) in [6.07, 6.45) is 0. The van der Waals surface area contributed by atoms with E-state index >= 15 is 0 Å². The minimum atomic E-state index is -0.449. The van der Waals surface area contributed by atoms with E-state index in [-0.39, 0.29) is 0 Å². The summed E-state index contributed by atoms with van der Waals surface area (Å²) in [5.41, 5.74) is 3.48. The number of hydrogen-bond donors (Lipinski definition) is 2. The first-order chi connectivity index (χ1) is 14.3. The Kier molecular flexibility index (Phi) is 5.34. The highest BCUT2D eigenvalue weighted by atomic mass is 16.2. The molecule has 1 aliphatic rings. The number of nitrogens with one attached hydrogen (secondary N) is 2. The molecule has 0 aliphatic carbocycles. The van der Waals surface area contributed by atoms with E-state index < -0.39 is 11.2 Å². The molecular weight excluding hydrogens is 380 g/mol. The van der Waals surface area contributed by atoms with Crippen LogP contribution in [0.15, 0.2) is 46.0 Å². The zero-order valence-corrected chi connectivity index (χ0v) is 17.9. The van der Waals surface area contributed by atoms with Crippen molar-refractivity contribution in [3.63, 3.8) is 0 Å². The molecule has 0 radical (unpaired) electrons. The molecule has 8 heteroatoms. The van der Waals surface area contributed by atoms with Gasteiger partial charge in [-0.15, -0.1) is 0 Å². The van der Waals surface area contributed by atoms with Gasteiger partial charge in [-0.1, -0.05) is 30.8 Å². The number of quaternary nitrogens is 1. The summed E-state index contributed by atoms with van der Waals surface area (Å²) in [7, 11) is 1.64. The molecule has 1 saturated heterocycles. The zero-order chi connectivity index (χ0) is 21.4. The lowest BCUT2D eigenvalue weighted by Crippen LogP contribution is -3.15. The standard InChI is InChI=1S/C22H28N6O2/c1-15(2)13-26-9-11-27(12-10-26)21-23-19-18(20(29)24-22(30)25(19)4)28(21)14-17-8-6-5-7-16(17)3/h5-8H,1,9-14H2,2-4H3,(H,24,29,30)/p+1. The van der Waals surface area contributed by atoms with Crippen LogP contribution in [-0.2, 0) is 13.6 Å². The maximum atomic E-state index is 12.8. The van der Waals surface area contributed by atoms with Crippen LogP contribution in [0.1, 0.15) is 18.1 Å². The summed E-state index contributed by atoms with van der Waals surface area (Å²) in [4.78, 5) is 35.8. The average molecular weight is 410 g/mol. The minimum Gasteiger partial charge on any atom is -0.331 e. The van der Waals surface area contributed by atoms with Crippen molar-refractivity contribution >= 4 is 17.1 Å². The topological polar surface area (TPSA) is 80.4 Å². The zero-order valence-electron chi connectivity index (χ0n) is 17.9. The number of aryl methyl sites for hydroxylation is 2. The van der Waals surface area contributed by atoms with E-state index in [2.05, 4.69) is 42.4 Å². The Balaban J connectivity index is 1.79. The van der Waals surface area contributed by atoms with Crippen LogP contribution in [0.2, 0.25) is 0 Å². The summed E-state index contributed by atoms with van der Waals surface area (Å²) in [5.74, 6) is 0.745. The smallest absolute Gasteiger partial charge is 0.329 e. The highest BCUT2D eigenvalue weighted by molar-refractivity contribution is 5.74. The van der Waals surface area contributed by atoms with Crippen molar-refractivity contribution in [1.82, 2.24) is 19.1 Å². The molecule has 0 saturated carbocycles. The fourth-order valence-corrected chi connectivity index (χ4v) is 4.20. The molecule has 2 N–H and O–H groups in total. The Hall–Kier alpha value is -3.13. The van der Waals surface area contributed by atoms with E-state index in [0.29, 0.717) is 17.7 Å². The normalized spacial score (nSPS) is 15.1. The van der Waals surface area contributed by atoms with Gasteiger partial charge in [-0.2, -0.15) is 4.98 Å². The number of aromatic amines is 1. The highest BCUT2D eigenvalue weighted by Crippen LogP contribution is 2.22. The molecule has 3 aromatic rings. The van der Waals surface area contributed by atoms with Crippen LogP contribution in [0, 0.1) is 6.92 Å². The van der Waals surface area contributed by atoms with Crippen LogP contribution in [0.3, 0.4) is 0 Å². The number of piperazine rings is 1. The van der Waals surface area contributed by atoms with Crippen molar-refractivity contribution in [1.29, 1.82) is 0 Å². The number of anilines is 1. The number of nitrogens with zero attached hydrogens (tertiary/aromatic N) is 4. The molecule has 0 unspecified atom stereocenters. The molecule has 1 aromatic carbocycles. The summed E-state index contributed by atoms with van der Waals surface area (Å²) in [6, 6.07) is 8.14. The van der Waals surface area contributed by atoms with Gasteiger partial charge in [0.1, 0.15) is 0 Å². The maximum absolute atomic E-state index is 12.8. The largest absolute Gasteiger partial charge is 0.331 e. The minimum absolute atomic E-state index is 0.396. The van der Waals surface area contributed by atoms with Gasteiger partial charge in [0.05, 0.1) is 39.3 Å². The van der Waals surface area contributed by atoms with Gasteiger partial charge < -0.3 is 9.80 Å². The van der Waals surface area contributed by atoms with E-state index in [1.54, 1.807) is 7.05 Å². The Labute approximate surface area is 175 Å². The monoisotopic (exact) mass is 409 g/mol. The summed E-state index contributed by atoms with van der Waals surface area (Å²) in [5, 5.41) is 0. The summed E-state index contributed by atoms with van der Waals surface area (Å²) in [6.45, 7) is 13.3. The number of H-pyrrole nitrogens is 1. The number of imidazole rings is 1. The van der Waals surface area contributed by atoms with Gasteiger partial charge in [0.2, 0.25) is 5.95 Å². The fourth-order valence-electron chi connectivity index (χ4n) is 4.20. The molecule has 0 spiro atoms. The Bertz CT molecular complexity index is 1210. The second-order valence-electron chi connectivity index (χ2n) is 8.29. The van der Waals surface area contributed by atoms with Crippen LogP contribution in [0.5, 0.6) is 0 Å². The molecule has 0 bridgehead atoms. The predicted molar refractivity (Wildman–Crippen MR) is 118 cm³/mol. The Morgan fingerprint density at radius 1 is 1.23 bits per heavy atom. The number of benzene rings is 1. The van der Waals surface area contributed by atoms with E-state index in [0.717, 1.165) is 49.8 Å². The second kappa shape index (κ2) is 7.95. The van der Waals surface area contributed by atoms with Gasteiger partial charge in [-0.05, 0) is 30.5 Å². The van der Waals surface area contributed by atoms with Crippen molar-refractivity contribution < 1.29 is 4.90 Å². The van der Waals surface area contributed by atoms with Gasteiger partial charge in [-0.3, -0.25) is 18.9 Å². The van der Waals surface area contributed by atoms with E-state index in [9.17, 15) is 9.59 Å². The van der Waals surface area contributed by atoms with Crippen LogP contribution < -0.4 is 21.0 Å². The number of fused-ring (bicyclic) bond motifs is 1. The Morgan fingerprint density at radius 3 is 2.60 bits per heavy atom. The molecule has 0 atom stereocenters. The highest BCUT2D eigenvalue weighted by Gasteiger charge is 2.26. The van der Waals surface area contributed by atoms with Crippen LogP contribution in [-0.4, -0.2) is 51.8 Å². The van der Waals surface area contributed by atoms with Gasteiger partial charge in [-0.25, -0.2) is 4.79 Å². The molecule has 8 nitrogen and oxygen atoms in total. The summed E-state index contributed by atoms with van der Waals surface area (Å²) >= 11 is 0.